The Kier molecular flexibility index (Phi) is 5.01. The quantitative estimate of drug-likeness (QED) is 0.430. The number of amides is 1. The predicted molar refractivity (Wildman–Crippen MR) is 85.6 cm³/mol. The summed E-state index contributed by atoms with van der Waals surface area (Å²) in [5.41, 5.74) is 2.97. The second-order valence-electron chi connectivity index (χ2n) is 3.62. The van der Waals surface area contributed by atoms with Crippen molar-refractivity contribution >= 4 is 50.6 Å². The number of rotatable bonds is 3. The molecule has 0 aliphatic heterocycles. The molecule has 20 heavy (non-hydrogen) atoms. The summed E-state index contributed by atoms with van der Waals surface area (Å²) in [7, 11) is 0. The van der Waals surface area contributed by atoms with Gasteiger partial charge < -0.3 is 5.11 Å². The van der Waals surface area contributed by atoms with E-state index in [-0.39, 0.29) is 11.4 Å². The number of nitrogens with one attached hydrogen (secondary N) is 1. The number of hydrogen-bond acceptors (Lipinski definition) is 5. The molecule has 1 aromatic carbocycles. The van der Waals surface area contributed by atoms with Gasteiger partial charge in [-0.15, -0.1) is 0 Å². The normalized spacial score (nSPS) is 10.7. The van der Waals surface area contributed by atoms with Gasteiger partial charge >= 0.3 is 0 Å². The molecule has 0 bridgehead atoms. The fourth-order valence-corrected chi connectivity index (χ4v) is 2.87. The number of hydrazone groups is 1. The first-order chi connectivity index (χ1) is 9.58. The Labute approximate surface area is 136 Å². The van der Waals surface area contributed by atoms with E-state index in [1.165, 1.54) is 24.8 Å². The molecule has 0 aliphatic carbocycles. The summed E-state index contributed by atoms with van der Waals surface area (Å²) in [6.45, 7) is 0. The maximum Gasteiger partial charge on any atom is 0.291 e. The molecule has 6 nitrogen and oxygen atoms in total. The summed E-state index contributed by atoms with van der Waals surface area (Å²) in [6, 6.07) is 3.46. The van der Waals surface area contributed by atoms with Gasteiger partial charge in [0.05, 0.1) is 16.0 Å². The largest absolute Gasteiger partial charge is 0.506 e. The maximum atomic E-state index is 11.7. The molecule has 2 aromatic rings. The van der Waals surface area contributed by atoms with Gasteiger partial charge in [-0.3, -0.25) is 9.78 Å². The summed E-state index contributed by atoms with van der Waals surface area (Å²) >= 11 is 5.32. The highest BCUT2D eigenvalue weighted by molar-refractivity contribution is 14.1. The molecule has 0 spiro atoms. The Morgan fingerprint density at radius 1 is 1.45 bits per heavy atom. The van der Waals surface area contributed by atoms with Crippen molar-refractivity contribution in [2.24, 2.45) is 5.10 Å². The van der Waals surface area contributed by atoms with Gasteiger partial charge in [-0.25, -0.2) is 10.4 Å². The first-order valence-electron chi connectivity index (χ1n) is 5.35. The zero-order valence-corrected chi connectivity index (χ0v) is 13.7. The molecule has 0 fully saturated rings. The number of halogens is 2. The van der Waals surface area contributed by atoms with E-state index in [9.17, 15) is 9.90 Å². The standard InChI is InChI=1S/C12H8BrIN4O2/c13-8-3-7(11(19)9(14)4-8)5-17-18-12(20)10-6-15-1-2-16-10/h1-6,19H,(H,18,20). The van der Waals surface area contributed by atoms with Crippen molar-refractivity contribution in [3.05, 3.63) is 50.0 Å². The third-order valence-electron chi connectivity index (χ3n) is 2.22. The van der Waals surface area contributed by atoms with Gasteiger partial charge in [-0.1, -0.05) is 15.9 Å². The van der Waals surface area contributed by atoms with Crippen molar-refractivity contribution in [1.29, 1.82) is 0 Å². The number of aromatic nitrogens is 2. The average molecular weight is 447 g/mol. The second-order valence-corrected chi connectivity index (χ2v) is 5.69. The Hall–Kier alpha value is -1.55. The van der Waals surface area contributed by atoms with E-state index in [1.807, 2.05) is 22.6 Å². The summed E-state index contributed by atoms with van der Waals surface area (Å²) in [5, 5.41) is 13.6. The van der Waals surface area contributed by atoms with E-state index in [2.05, 4.69) is 36.4 Å². The van der Waals surface area contributed by atoms with Crippen LogP contribution in [0, 0.1) is 3.57 Å². The van der Waals surface area contributed by atoms with Gasteiger partial charge in [0.15, 0.2) is 0 Å². The van der Waals surface area contributed by atoms with Crippen LogP contribution in [0.25, 0.3) is 0 Å². The van der Waals surface area contributed by atoms with Gasteiger partial charge in [0.1, 0.15) is 11.4 Å². The van der Waals surface area contributed by atoms with Crippen molar-refractivity contribution < 1.29 is 9.90 Å². The summed E-state index contributed by atoms with van der Waals surface area (Å²) < 4.78 is 1.49. The minimum atomic E-state index is -0.474. The van der Waals surface area contributed by atoms with Crippen LogP contribution in [0.4, 0.5) is 0 Å². The topological polar surface area (TPSA) is 87.5 Å². The Bertz CT molecular complexity index is 664. The monoisotopic (exact) mass is 446 g/mol. The number of hydrogen-bond donors (Lipinski definition) is 2. The van der Waals surface area contributed by atoms with Gasteiger partial charge in [0.2, 0.25) is 0 Å². The molecule has 2 N–H and O–H groups in total. The zero-order valence-electron chi connectivity index (χ0n) is 9.92. The minimum absolute atomic E-state index is 0.103. The molecular weight excluding hydrogens is 439 g/mol. The molecule has 0 saturated heterocycles. The molecule has 0 unspecified atom stereocenters. The highest BCUT2D eigenvalue weighted by Gasteiger charge is 2.07. The molecule has 8 heteroatoms. The van der Waals surface area contributed by atoms with Crippen LogP contribution in [0.15, 0.2) is 40.3 Å². The Morgan fingerprint density at radius 3 is 2.95 bits per heavy atom. The fraction of sp³-hybridized carbons (Fsp3) is 0. The van der Waals surface area contributed by atoms with Crippen molar-refractivity contribution in [1.82, 2.24) is 15.4 Å². The van der Waals surface area contributed by atoms with Crippen molar-refractivity contribution in [3.63, 3.8) is 0 Å². The molecular formula is C12H8BrIN4O2. The van der Waals surface area contributed by atoms with Crippen LogP contribution >= 0.6 is 38.5 Å². The molecule has 1 aromatic heterocycles. The second kappa shape index (κ2) is 6.75. The van der Waals surface area contributed by atoms with E-state index >= 15 is 0 Å². The van der Waals surface area contributed by atoms with Crippen LogP contribution in [-0.4, -0.2) is 27.2 Å². The molecule has 1 heterocycles. The lowest BCUT2D eigenvalue weighted by molar-refractivity contribution is 0.0949. The number of phenols is 1. The SMILES string of the molecule is O=C(NN=Cc1cc(Br)cc(I)c1O)c1cnccn1. The molecule has 0 radical (unpaired) electrons. The number of carbonyl (C=O) groups is 1. The minimum Gasteiger partial charge on any atom is -0.506 e. The lowest BCUT2D eigenvalue weighted by Gasteiger charge is -2.03. The highest BCUT2D eigenvalue weighted by atomic mass is 127. The van der Waals surface area contributed by atoms with E-state index < -0.39 is 5.91 Å². The lowest BCUT2D eigenvalue weighted by atomic mass is 10.2. The zero-order chi connectivity index (χ0) is 14.5. The van der Waals surface area contributed by atoms with Crippen molar-refractivity contribution in [2.45, 2.75) is 0 Å². The van der Waals surface area contributed by atoms with Gasteiger partial charge in [0.25, 0.3) is 5.91 Å². The van der Waals surface area contributed by atoms with E-state index in [4.69, 9.17) is 0 Å². The molecule has 2 rings (SSSR count). The van der Waals surface area contributed by atoms with Crippen LogP contribution < -0.4 is 5.43 Å². The first-order valence-corrected chi connectivity index (χ1v) is 7.22. The van der Waals surface area contributed by atoms with Crippen LogP contribution in [0.5, 0.6) is 5.75 Å². The van der Waals surface area contributed by atoms with Gasteiger partial charge in [-0.2, -0.15) is 5.10 Å². The number of phenolic OH excluding ortho intramolecular Hbond substituents is 1. The third-order valence-corrected chi connectivity index (χ3v) is 3.50. The van der Waals surface area contributed by atoms with Crippen molar-refractivity contribution in [3.8, 4) is 5.75 Å². The van der Waals surface area contributed by atoms with Crippen LogP contribution in [0.3, 0.4) is 0 Å². The Morgan fingerprint density at radius 2 is 2.25 bits per heavy atom. The molecule has 0 atom stereocenters. The van der Waals surface area contributed by atoms with Crippen molar-refractivity contribution in [2.75, 3.05) is 0 Å². The van der Waals surface area contributed by atoms with E-state index in [1.54, 1.807) is 12.1 Å². The predicted octanol–water partition coefficient (Wildman–Crippen LogP) is 2.31. The fourth-order valence-electron chi connectivity index (χ4n) is 1.32. The summed E-state index contributed by atoms with van der Waals surface area (Å²) in [5.74, 6) is -0.371. The number of carbonyl (C=O) groups excluding carboxylic acids is 1. The molecule has 1 amide bonds. The van der Waals surface area contributed by atoms with Crippen LogP contribution in [0.2, 0.25) is 0 Å². The smallest absolute Gasteiger partial charge is 0.291 e. The van der Waals surface area contributed by atoms with Gasteiger partial charge in [0, 0.05) is 22.4 Å². The number of nitrogens with zero attached hydrogens (tertiary/aromatic N) is 3. The van der Waals surface area contributed by atoms with E-state index in [0.717, 1.165) is 4.47 Å². The summed E-state index contributed by atoms with van der Waals surface area (Å²) in [4.78, 5) is 19.3. The number of aromatic hydroxyl groups is 1. The summed E-state index contributed by atoms with van der Waals surface area (Å²) in [6.07, 6.45) is 5.59. The van der Waals surface area contributed by atoms with Crippen LogP contribution in [0.1, 0.15) is 16.1 Å². The average Bonchev–Trinajstić information content (AvgIpc) is 2.44. The molecule has 0 saturated carbocycles. The Balaban J connectivity index is 2.10. The van der Waals surface area contributed by atoms with Gasteiger partial charge in [-0.05, 0) is 34.7 Å². The third kappa shape index (κ3) is 3.73. The maximum absolute atomic E-state index is 11.7. The van der Waals surface area contributed by atoms with E-state index in [0.29, 0.717) is 9.13 Å². The first kappa shape index (κ1) is 14.9. The lowest BCUT2D eigenvalue weighted by Crippen LogP contribution is -2.19. The number of benzene rings is 1. The molecule has 102 valence electrons. The highest BCUT2D eigenvalue weighted by Crippen LogP contribution is 2.27. The van der Waals surface area contributed by atoms with Crippen LogP contribution in [-0.2, 0) is 0 Å². The molecule has 0 aliphatic rings.